The van der Waals surface area contributed by atoms with Crippen LogP contribution in [0.25, 0.3) is 0 Å². The monoisotopic (exact) mass is 463 g/mol. The molecule has 2 heterocycles. The van der Waals surface area contributed by atoms with Crippen LogP contribution in [0.2, 0.25) is 0 Å². The zero-order valence-electron chi connectivity index (χ0n) is 18.7. The van der Waals surface area contributed by atoms with Crippen LogP contribution in [0.3, 0.4) is 0 Å². The molecular formula is C27H29NO4S. The molecule has 5 nitrogen and oxygen atoms in total. The van der Waals surface area contributed by atoms with Gasteiger partial charge in [-0.1, -0.05) is 31.2 Å². The van der Waals surface area contributed by atoms with Crippen molar-refractivity contribution in [1.82, 2.24) is 4.90 Å². The number of hydrogen-bond donors (Lipinski definition) is 2. The quantitative estimate of drug-likeness (QED) is 0.483. The molecular weight excluding hydrogens is 434 g/mol. The summed E-state index contributed by atoms with van der Waals surface area (Å²) in [4.78, 5) is 3.37. The van der Waals surface area contributed by atoms with Gasteiger partial charge in [0.2, 0.25) is 0 Å². The SMILES string of the molecule is C[C@H]1CCN(CCOc2ccc([C@@H]3Oc4ccc(O)cc4S[C@@H]3c3ccc(O)cc3)cc2)C1. The van der Waals surface area contributed by atoms with Gasteiger partial charge in [-0.2, -0.15) is 0 Å². The molecule has 3 atom stereocenters. The Bertz CT molecular complexity index is 1090. The zero-order valence-corrected chi connectivity index (χ0v) is 19.5. The lowest BCUT2D eigenvalue weighted by atomic mass is 10.00. The van der Waals surface area contributed by atoms with Crippen LogP contribution in [0, 0.1) is 5.92 Å². The van der Waals surface area contributed by atoms with Crippen molar-refractivity contribution < 1.29 is 19.7 Å². The summed E-state index contributed by atoms with van der Waals surface area (Å²) in [6, 6.07) is 20.6. The number of thioether (sulfide) groups is 1. The minimum Gasteiger partial charge on any atom is -0.508 e. The summed E-state index contributed by atoms with van der Waals surface area (Å²) in [7, 11) is 0. The summed E-state index contributed by atoms with van der Waals surface area (Å²) in [5.74, 6) is 2.87. The molecule has 1 fully saturated rings. The normalized spacial score (nSPS) is 22.5. The third-order valence-corrected chi connectivity index (χ3v) is 7.67. The van der Waals surface area contributed by atoms with E-state index in [0.29, 0.717) is 6.61 Å². The van der Waals surface area contributed by atoms with E-state index < -0.39 is 0 Å². The first kappa shape index (κ1) is 22.0. The number of phenols is 2. The molecule has 33 heavy (non-hydrogen) atoms. The fourth-order valence-corrected chi connectivity index (χ4v) is 5.83. The minimum atomic E-state index is -0.211. The van der Waals surface area contributed by atoms with E-state index in [0.717, 1.165) is 53.1 Å². The number of aromatic hydroxyl groups is 2. The van der Waals surface area contributed by atoms with Gasteiger partial charge >= 0.3 is 0 Å². The van der Waals surface area contributed by atoms with Gasteiger partial charge in [0.25, 0.3) is 0 Å². The van der Waals surface area contributed by atoms with Crippen LogP contribution in [0.1, 0.15) is 35.8 Å². The second-order valence-corrected chi connectivity index (χ2v) is 10.1. The van der Waals surface area contributed by atoms with Crippen molar-refractivity contribution in [2.24, 2.45) is 5.92 Å². The number of fused-ring (bicyclic) bond motifs is 1. The van der Waals surface area contributed by atoms with Crippen LogP contribution < -0.4 is 9.47 Å². The number of hydrogen-bond acceptors (Lipinski definition) is 6. The molecule has 6 heteroatoms. The molecule has 3 aromatic rings. The van der Waals surface area contributed by atoms with Gasteiger partial charge in [0.05, 0.1) is 10.1 Å². The van der Waals surface area contributed by atoms with Crippen molar-refractivity contribution >= 4 is 11.8 Å². The van der Waals surface area contributed by atoms with Gasteiger partial charge in [-0.15, -0.1) is 11.8 Å². The van der Waals surface area contributed by atoms with Crippen LogP contribution in [-0.2, 0) is 0 Å². The van der Waals surface area contributed by atoms with Crippen molar-refractivity contribution in [3.8, 4) is 23.0 Å². The molecule has 2 aliphatic rings. The van der Waals surface area contributed by atoms with Gasteiger partial charge in [0.1, 0.15) is 35.7 Å². The Hall–Kier alpha value is -2.83. The molecule has 2 N–H and O–H groups in total. The Kier molecular flexibility index (Phi) is 6.38. The molecule has 0 aliphatic carbocycles. The van der Waals surface area contributed by atoms with Crippen molar-refractivity contribution in [2.75, 3.05) is 26.2 Å². The van der Waals surface area contributed by atoms with E-state index in [4.69, 9.17) is 9.47 Å². The van der Waals surface area contributed by atoms with Crippen LogP contribution >= 0.6 is 11.8 Å². The van der Waals surface area contributed by atoms with E-state index >= 15 is 0 Å². The largest absolute Gasteiger partial charge is 0.508 e. The number of phenolic OH excluding ortho intramolecular Hbond substituents is 2. The first-order valence-electron chi connectivity index (χ1n) is 11.5. The molecule has 0 unspecified atom stereocenters. The summed E-state index contributed by atoms with van der Waals surface area (Å²) >= 11 is 1.66. The van der Waals surface area contributed by atoms with E-state index in [-0.39, 0.29) is 22.9 Å². The second kappa shape index (κ2) is 9.57. The number of benzene rings is 3. The topological polar surface area (TPSA) is 62.2 Å². The van der Waals surface area contributed by atoms with Gasteiger partial charge < -0.3 is 19.7 Å². The Morgan fingerprint density at radius 2 is 1.70 bits per heavy atom. The first-order valence-corrected chi connectivity index (χ1v) is 12.3. The Balaban J connectivity index is 1.32. The second-order valence-electron chi connectivity index (χ2n) is 8.91. The number of likely N-dealkylation sites (tertiary alicyclic amines) is 1. The Morgan fingerprint density at radius 3 is 2.42 bits per heavy atom. The zero-order chi connectivity index (χ0) is 22.8. The highest BCUT2D eigenvalue weighted by molar-refractivity contribution is 7.99. The summed E-state index contributed by atoms with van der Waals surface area (Å²) < 4.78 is 12.4. The van der Waals surface area contributed by atoms with E-state index in [1.807, 2.05) is 30.3 Å². The van der Waals surface area contributed by atoms with Crippen molar-refractivity contribution in [3.63, 3.8) is 0 Å². The highest BCUT2D eigenvalue weighted by Crippen LogP contribution is 2.54. The number of nitrogens with zero attached hydrogens (tertiary/aromatic N) is 1. The van der Waals surface area contributed by atoms with Crippen LogP contribution in [0.4, 0.5) is 0 Å². The third kappa shape index (κ3) is 5.07. The molecule has 3 aromatic carbocycles. The fraction of sp³-hybridized carbons (Fsp3) is 0.333. The lowest BCUT2D eigenvalue weighted by Crippen LogP contribution is -2.25. The van der Waals surface area contributed by atoms with Gasteiger partial charge in [-0.3, -0.25) is 4.90 Å². The van der Waals surface area contributed by atoms with Gasteiger partial charge in [0, 0.05) is 13.1 Å². The molecule has 5 rings (SSSR count). The fourth-order valence-electron chi connectivity index (χ4n) is 4.51. The van der Waals surface area contributed by atoms with Crippen molar-refractivity contribution in [3.05, 3.63) is 77.9 Å². The Labute approximate surface area is 199 Å². The molecule has 0 radical (unpaired) electrons. The summed E-state index contributed by atoms with van der Waals surface area (Å²) in [6.07, 6.45) is 1.07. The van der Waals surface area contributed by atoms with Crippen LogP contribution in [0.5, 0.6) is 23.0 Å². The van der Waals surface area contributed by atoms with E-state index in [1.54, 1.807) is 36.0 Å². The summed E-state index contributed by atoms with van der Waals surface area (Å²) in [6.45, 7) is 6.28. The van der Waals surface area contributed by atoms with E-state index in [1.165, 1.54) is 6.42 Å². The van der Waals surface area contributed by atoms with Crippen molar-refractivity contribution in [1.29, 1.82) is 0 Å². The van der Waals surface area contributed by atoms with Gasteiger partial charge in [-0.05, 0) is 72.5 Å². The average molecular weight is 464 g/mol. The standard InChI is InChI=1S/C27H29NO4S/c1-18-12-13-28(17-18)14-15-31-23-9-4-19(5-10-23)26-27(20-2-6-21(29)7-3-20)33-25-16-22(30)8-11-24(25)32-26/h2-11,16,18,26-27,29-30H,12-15,17H2,1H3/t18-,26-,27+/m0/s1. The third-order valence-electron chi connectivity index (χ3n) is 6.32. The van der Waals surface area contributed by atoms with Crippen LogP contribution in [0.15, 0.2) is 71.6 Å². The van der Waals surface area contributed by atoms with Gasteiger partial charge in [-0.25, -0.2) is 0 Å². The highest BCUT2D eigenvalue weighted by Gasteiger charge is 2.33. The molecule has 1 saturated heterocycles. The number of ether oxygens (including phenoxy) is 2. The Morgan fingerprint density at radius 1 is 0.970 bits per heavy atom. The highest BCUT2D eigenvalue weighted by atomic mass is 32.2. The van der Waals surface area contributed by atoms with E-state index in [9.17, 15) is 10.2 Å². The molecule has 0 saturated carbocycles. The van der Waals surface area contributed by atoms with E-state index in [2.05, 4.69) is 24.0 Å². The molecule has 2 aliphatic heterocycles. The summed E-state index contributed by atoms with van der Waals surface area (Å²) in [5.41, 5.74) is 2.11. The molecule has 172 valence electrons. The number of rotatable bonds is 6. The van der Waals surface area contributed by atoms with Crippen molar-refractivity contribution in [2.45, 2.75) is 29.6 Å². The average Bonchev–Trinajstić information content (AvgIpc) is 3.24. The predicted octanol–water partition coefficient (Wildman–Crippen LogP) is 5.79. The first-order chi connectivity index (χ1) is 16.0. The molecule has 0 bridgehead atoms. The van der Waals surface area contributed by atoms with Gasteiger partial charge in [0.15, 0.2) is 0 Å². The molecule has 0 amide bonds. The maximum atomic E-state index is 9.93. The lowest BCUT2D eigenvalue weighted by molar-refractivity contribution is 0.190. The summed E-state index contributed by atoms with van der Waals surface area (Å²) in [5, 5.41) is 19.6. The molecule has 0 aromatic heterocycles. The predicted molar refractivity (Wildman–Crippen MR) is 130 cm³/mol. The van der Waals surface area contributed by atoms with Crippen LogP contribution in [-0.4, -0.2) is 41.4 Å². The molecule has 0 spiro atoms. The maximum absolute atomic E-state index is 9.93. The minimum absolute atomic E-state index is 0.0242. The lowest BCUT2D eigenvalue weighted by Gasteiger charge is -2.34. The maximum Gasteiger partial charge on any atom is 0.140 e. The smallest absolute Gasteiger partial charge is 0.140 e.